The van der Waals surface area contributed by atoms with Gasteiger partial charge >= 0.3 is 47.5 Å². The Bertz CT molecular complexity index is 129. The molecular formula is H2LiMnO4. The summed E-state index contributed by atoms with van der Waals surface area (Å²) in [5.41, 5.74) is 0. The van der Waals surface area contributed by atoms with Crippen molar-refractivity contribution in [1.82, 2.24) is 0 Å². The first-order chi connectivity index (χ1) is 2.00. The Labute approximate surface area is 47.9 Å². The van der Waals surface area contributed by atoms with Crippen molar-refractivity contribution < 1.29 is 28.7 Å². The molecule has 1 N–H and O–H groups in total. The minimum absolute atomic E-state index is 0. The quantitative estimate of drug-likeness (QED) is 0.400. The molecule has 0 aliphatic carbocycles. The van der Waals surface area contributed by atoms with Gasteiger partial charge in [0.15, 0.2) is 0 Å². The van der Waals surface area contributed by atoms with Crippen LogP contribution in [-0.4, -0.2) is 23.0 Å². The Morgan fingerprint density at radius 1 is 1.17 bits per heavy atom. The third kappa shape index (κ3) is 238. The second-order valence-electron chi connectivity index (χ2n) is 0.396. The van der Waals surface area contributed by atoms with Crippen molar-refractivity contribution in [2.24, 2.45) is 0 Å². The maximum absolute atomic E-state index is 8.69. The zero-order chi connectivity index (χ0) is 4.50. The van der Waals surface area contributed by atoms with Crippen LogP contribution in [0.3, 0.4) is 0 Å². The van der Waals surface area contributed by atoms with Crippen LogP contribution in [0.15, 0.2) is 0 Å². The number of rotatable bonds is 0. The van der Waals surface area contributed by atoms with Gasteiger partial charge in [0, 0.05) is 0 Å². The summed E-state index contributed by atoms with van der Waals surface area (Å²) in [4.78, 5) is 0. The molecule has 34 valence electrons. The van der Waals surface area contributed by atoms with Crippen molar-refractivity contribution in [3.05, 3.63) is 0 Å². The fourth-order valence-corrected chi connectivity index (χ4v) is 0. The van der Waals surface area contributed by atoms with Crippen LogP contribution >= 0.6 is 0 Å². The van der Waals surface area contributed by atoms with E-state index in [0.29, 0.717) is 0 Å². The molecule has 0 atom stereocenters. The molecule has 0 radical (unpaired) electrons. The predicted octanol–water partition coefficient (Wildman–Crippen LogP) is -1.56. The van der Waals surface area contributed by atoms with Gasteiger partial charge in [-0.05, 0) is 0 Å². The summed E-state index contributed by atoms with van der Waals surface area (Å²) in [6.45, 7) is 0. The standard InChI is InChI=1S/Li.Mn.H2O.3O.H/h;;1H2;;;;/q;+1;;;;;/p-1. The normalized spacial score (nSPS) is 9.50. The summed E-state index contributed by atoms with van der Waals surface area (Å²) in [6.07, 6.45) is 0. The Hall–Kier alpha value is 0.477. The van der Waals surface area contributed by atoms with Crippen LogP contribution < -0.4 is 0 Å². The van der Waals surface area contributed by atoms with Crippen molar-refractivity contribution in [2.45, 2.75) is 0 Å². The zero-order valence-corrected chi connectivity index (χ0v) is 3.23. The van der Waals surface area contributed by atoms with Crippen molar-refractivity contribution >= 4 is 18.9 Å². The Morgan fingerprint density at radius 2 is 1.17 bits per heavy atom. The molecule has 0 aromatic rings. The van der Waals surface area contributed by atoms with Gasteiger partial charge < -0.3 is 0 Å². The first-order valence-corrected chi connectivity index (χ1v) is 2.61. The summed E-state index contributed by atoms with van der Waals surface area (Å²) in [7, 11) is 0. The Morgan fingerprint density at radius 3 is 1.17 bits per heavy atom. The molecule has 0 amide bonds. The third-order valence-electron chi connectivity index (χ3n) is 0. The SMILES string of the molecule is [LiH].[O]=[Mn](=[O])(=[O])[OH]. The predicted molar refractivity (Wildman–Crippen MR) is 11.4 cm³/mol. The number of hydrogen-bond donors (Lipinski definition) is 1. The molecule has 0 rings (SSSR count). The van der Waals surface area contributed by atoms with Crippen molar-refractivity contribution in [1.29, 1.82) is 0 Å². The van der Waals surface area contributed by atoms with Crippen LogP contribution in [0, 0.1) is 0 Å². The average Bonchev–Trinajstić information content (AvgIpc) is 0.722. The summed E-state index contributed by atoms with van der Waals surface area (Å²) < 4.78 is 33.1. The van der Waals surface area contributed by atoms with Gasteiger partial charge in [-0.15, -0.1) is 0 Å². The minimum atomic E-state index is -5.38. The molecule has 0 unspecified atom stereocenters. The second-order valence-corrected chi connectivity index (χ2v) is 1.63. The first kappa shape index (κ1) is 9.69. The van der Waals surface area contributed by atoms with E-state index in [9.17, 15) is 0 Å². The fraction of sp³-hybridized carbons (Fsp3) is 0. The molecule has 0 fully saturated rings. The van der Waals surface area contributed by atoms with E-state index in [1.165, 1.54) is 0 Å². The summed E-state index contributed by atoms with van der Waals surface area (Å²) in [6, 6.07) is 0. The van der Waals surface area contributed by atoms with Gasteiger partial charge in [0.2, 0.25) is 0 Å². The van der Waals surface area contributed by atoms with Crippen molar-refractivity contribution in [2.75, 3.05) is 0 Å². The van der Waals surface area contributed by atoms with Crippen LogP contribution in [0.1, 0.15) is 0 Å². The van der Waals surface area contributed by atoms with Gasteiger partial charge in [0.1, 0.15) is 0 Å². The molecule has 0 aliphatic rings. The molecule has 0 saturated heterocycles. The molecule has 6 heteroatoms. The van der Waals surface area contributed by atoms with Gasteiger partial charge in [0.25, 0.3) is 0 Å². The fourth-order valence-electron chi connectivity index (χ4n) is 0. The molecule has 0 spiro atoms. The second kappa shape index (κ2) is 2.62. The molecule has 0 aromatic heterocycles. The molecule has 0 heterocycles. The summed E-state index contributed by atoms with van der Waals surface area (Å²) >= 11 is -5.38. The summed E-state index contributed by atoms with van der Waals surface area (Å²) in [5, 5.41) is 0. The van der Waals surface area contributed by atoms with Gasteiger partial charge in [-0.3, -0.25) is 0 Å². The summed E-state index contributed by atoms with van der Waals surface area (Å²) in [5.74, 6) is 0. The molecule has 0 saturated carbocycles. The van der Waals surface area contributed by atoms with E-state index in [-0.39, 0.29) is 18.9 Å². The number of hydrogen-bond acceptors (Lipinski definition) is 3. The van der Waals surface area contributed by atoms with E-state index in [0.717, 1.165) is 0 Å². The third-order valence-corrected chi connectivity index (χ3v) is 0. The van der Waals surface area contributed by atoms with Crippen LogP contribution in [0.2, 0.25) is 0 Å². The topological polar surface area (TPSA) is 71.4 Å². The Kier molecular flexibility index (Phi) is 4.23. The molecule has 4 nitrogen and oxygen atoms in total. The van der Waals surface area contributed by atoms with Gasteiger partial charge in [0.05, 0.1) is 0 Å². The van der Waals surface area contributed by atoms with Crippen LogP contribution in [-0.2, 0) is 24.5 Å². The van der Waals surface area contributed by atoms with E-state index in [4.69, 9.17) is 15.7 Å². The van der Waals surface area contributed by atoms with Crippen LogP contribution in [0.5, 0.6) is 0 Å². The zero-order valence-electron chi connectivity index (χ0n) is 2.05. The van der Waals surface area contributed by atoms with Gasteiger partial charge in [-0.25, -0.2) is 0 Å². The molecule has 6 heavy (non-hydrogen) atoms. The van der Waals surface area contributed by atoms with Gasteiger partial charge in [-0.1, -0.05) is 0 Å². The van der Waals surface area contributed by atoms with E-state index >= 15 is 0 Å². The van der Waals surface area contributed by atoms with Crippen molar-refractivity contribution in [3.8, 4) is 0 Å². The molecular weight excluding hydrogens is 126 g/mol. The van der Waals surface area contributed by atoms with Crippen LogP contribution in [0.25, 0.3) is 0 Å². The van der Waals surface area contributed by atoms with Gasteiger partial charge in [-0.2, -0.15) is 0 Å². The van der Waals surface area contributed by atoms with E-state index in [2.05, 4.69) is 0 Å². The first-order valence-electron chi connectivity index (χ1n) is 0.632. The van der Waals surface area contributed by atoms with Crippen molar-refractivity contribution in [3.63, 3.8) is 0 Å². The average molecular weight is 128 g/mol. The Balaban J connectivity index is 0. The molecule has 0 aliphatic heterocycles. The molecule has 0 aromatic carbocycles. The van der Waals surface area contributed by atoms with Crippen LogP contribution in [0.4, 0.5) is 0 Å². The van der Waals surface area contributed by atoms with E-state index < -0.39 is 13.0 Å². The van der Waals surface area contributed by atoms with E-state index in [1.807, 2.05) is 0 Å². The molecule has 0 bridgehead atoms. The maximum atomic E-state index is 8.69. The monoisotopic (exact) mass is 128 g/mol. The van der Waals surface area contributed by atoms with E-state index in [1.54, 1.807) is 0 Å².